The van der Waals surface area contributed by atoms with E-state index in [-0.39, 0.29) is 45.8 Å². The number of ketones is 1. The van der Waals surface area contributed by atoms with E-state index in [0.717, 1.165) is 0 Å². The van der Waals surface area contributed by atoms with Crippen molar-refractivity contribution < 1.29 is 33.7 Å². The number of phenols is 1. The summed E-state index contributed by atoms with van der Waals surface area (Å²) >= 11 is 0. The van der Waals surface area contributed by atoms with E-state index < -0.39 is 35.3 Å². The number of carbonyl (C=O) groups excluding carboxylic acids is 2. The van der Waals surface area contributed by atoms with E-state index in [9.17, 15) is 24.6 Å². The number of aromatic hydroxyl groups is 1. The van der Waals surface area contributed by atoms with Crippen molar-refractivity contribution in [1.29, 1.82) is 0 Å². The standard InChI is InChI=1S/C24H30O8/c1-7-11(3)20(27)19-21(28)18-13(15(8-2)30-12(4)25)10-17(26)32-22(18)14-9-16(24(5,6)29)31-23(14)19/h10-11,15-16,28-29H,7-9H2,1-6H3/t11-,15?,16?/m0/s1. The molecule has 1 aromatic heterocycles. The summed E-state index contributed by atoms with van der Waals surface area (Å²) in [4.78, 5) is 37.3. The van der Waals surface area contributed by atoms with Gasteiger partial charge in [0.05, 0.1) is 11.0 Å². The first kappa shape index (κ1) is 23.8. The molecule has 0 saturated heterocycles. The zero-order valence-electron chi connectivity index (χ0n) is 19.3. The van der Waals surface area contributed by atoms with Crippen LogP contribution in [0, 0.1) is 5.92 Å². The fourth-order valence-corrected chi connectivity index (χ4v) is 4.01. The molecule has 0 saturated carbocycles. The Labute approximate surface area is 186 Å². The van der Waals surface area contributed by atoms with Crippen LogP contribution in [0.4, 0.5) is 0 Å². The molecule has 8 heteroatoms. The second kappa shape index (κ2) is 8.58. The maximum Gasteiger partial charge on any atom is 0.336 e. The van der Waals surface area contributed by atoms with Crippen molar-refractivity contribution in [3.8, 4) is 11.5 Å². The number of hydrogen-bond acceptors (Lipinski definition) is 8. The minimum absolute atomic E-state index is 0.0126. The lowest BCUT2D eigenvalue weighted by atomic mass is 9.89. The van der Waals surface area contributed by atoms with Gasteiger partial charge in [0.25, 0.3) is 0 Å². The lowest BCUT2D eigenvalue weighted by Gasteiger charge is -2.25. The van der Waals surface area contributed by atoms with Gasteiger partial charge in [-0.3, -0.25) is 9.59 Å². The molecule has 1 aromatic carbocycles. The Balaban J connectivity index is 2.42. The lowest BCUT2D eigenvalue weighted by molar-refractivity contribution is -0.146. The van der Waals surface area contributed by atoms with Crippen LogP contribution in [0.3, 0.4) is 0 Å². The molecule has 2 N–H and O–H groups in total. The number of ether oxygens (including phenoxy) is 2. The number of esters is 1. The molecule has 0 amide bonds. The quantitative estimate of drug-likeness (QED) is 0.374. The van der Waals surface area contributed by atoms with E-state index in [0.29, 0.717) is 18.4 Å². The van der Waals surface area contributed by atoms with Crippen molar-refractivity contribution in [2.45, 2.75) is 78.6 Å². The predicted molar refractivity (Wildman–Crippen MR) is 117 cm³/mol. The van der Waals surface area contributed by atoms with E-state index in [1.54, 1.807) is 27.7 Å². The maximum absolute atomic E-state index is 13.3. The number of rotatable bonds is 7. The topological polar surface area (TPSA) is 123 Å². The molecular formula is C24H30O8. The molecule has 174 valence electrons. The zero-order valence-corrected chi connectivity index (χ0v) is 19.3. The van der Waals surface area contributed by atoms with Crippen LogP contribution >= 0.6 is 0 Å². The van der Waals surface area contributed by atoms with Crippen LogP contribution < -0.4 is 10.4 Å². The van der Waals surface area contributed by atoms with Gasteiger partial charge in [-0.05, 0) is 26.7 Å². The summed E-state index contributed by atoms with van der Waals surface area (Å²) in [6.07, 6.45) is -0.474. The van der Waals surface area contributed by atoms with Crippen LogP contribution in [-0.2, 0) is 16.0 Å². The van der Waals surface area contributed by atoms with Gasteiger partial charge in [-0.2, -0.15) is 0 Å². The lowest BCUT2D eigenvalue weighted by Crippen LogP contribution is -2.39. The van der Waals surface area contributed by atoms with Crippen molar-refractivity contribution >= 4 is 22.7 Å². The van der Waals surface area contributed by atoms with Gasteiger partial charge in [0.15, 0.2) is 5.78 Å². The summed E-state index contributed by atoms with van der Waals surface area (Å²) in [5.41, 5.74) is -1.20. The highest BCUT2D eigenvalue weighted by Gasteiger charge is 2.41. The summed E-state index contributed by atoms with van der Waals surface area (Å²) in [5, 5.41) is 22.0. The summed E-state index contributed by atoms with van der Waals surface area (Å²) in [7, 11) is 0. The fraction of sp³-hybridized carbons (Fsp3) is 0.542. The Morgan fingerprint density at radius 3 is 2.47 bits per heavy atom. The van der Waals surface area contributed by atoms with Crippen molar-refractivity contribution in [2.75, 3.05) is 0 Å². The Hall–Kier alpha value is -2.87. The number of Topliss-reactive ketones (excluding diaryl/α,β-unsaturated/α-hetero) is 1. The van der Waals surface area contributed by atoms with Crippen LogP contribution in [0.1, 0.15) is 82.0 Å². The van der Waals surface area contributed by atoms with Crippen molar-refractivity contribution in [3.05, 3.63) is 33.2 Å². The van der Waals surface area contributed by atoms with Gasteiger partial charge >= 0.3 is 11.6 Å². The van der Waals surface area contributed by atoms with Gasteiger partial charge in [0, 0.05) is 36.5 Å². The minimum Gasteiger partial charge on any atom is -0.506 e. The Bertz CT molecular complexity index is 1120. The number of carbonyl (C=O) groups is 2. The molecular weight excluding hydrogens is 416 g/mol. The molecule has 0 spiro atoms. The van der Waals surface area contributed by atoms with Crippen LogP contribution in [0.25, 0.3) is 11.0 Å². The molecule has 0 fully saturated rings. The second-order valence-corrected chi connectivity index (χ2v) is 8.90. The normalized spacial score (nSPS) is 17.5. The molecule has 0 bridgehead atoms. The van der Waals surface area contributed by atoms with E-state index in [2.05, 4.69) is 0 Å². The molecule has 0 radical (unpaired) electrons. The average Bonchev–Trinajstić information content (AvgIpc) is 3.16. The molecule has 3 atom stereocenters. The number of aliphatic hydroxyl groups is 1. The van der Waals surface area contributed by atoms with Gasteiger partial charge in [0.1, 0.15) is 34.9 Å². The molecule has 1 aliphatic heterocycles. The van der Waals surface area contributed by atoms with Crippen molar-refractivity contribution in [2.24, 2.45) is 5.92 Å². The van der Waals surface area contributed by atoms with Crippen LogP contribution in [0.2, 0.25) is 0 Å². The smallest absolute Gasteiger partial charge is 0.336 e. The highest BCUT2D eigenvalue weighted by Crippen LogP contribution is 2.48. The highest BCUT2D eigenvalue weighted by molar-refractivity contribution is 6.09. The van der Waals surface area contributed by atoms with Gasteiger partial charge in [0.2, 0.25) is 0 Å². The van der Waals surface area contributed by atoms with E-state index in [1.165, 1.54) is 13.0 Å². The van der Waals surface area contributed by atoms with Crippen LogP contribution in [0.15, 0.2) is 15.3 Å². The predicted octanol–water partition coefficient (Wildman–Crippen LogP) is 3.82. The third-order valence-corrected chi connectivity index (χ3v) is 6.01. The van der Waals surface area contributed by atoms with Gasteiger partial charge < -0.3 is 24.1 Å². The molecule has 2 heterocycles. The van der Waals surface area contributed by atoms with Gasteiger partial charge in [-0.1, -0.05) is 20.8 Å². The third-order valence-electron chi connectivity index (χ3n) is 6.01. The van der Waals surface area contributed by atoms with Crippen molar-refractivity contribution in [3.63, 3.8) is 0 Å². The first-order valence-electron chi connectivity index (χ1n) is 10.9. The maximum atomic E-state index is 13.3. The van der Waals surface area contributed by atoms with Crippen LogP contribution in [0.5, 0.6) is 11.5 Å². The minimum atomic E-state index is -1.25. The molecule has 8 nitrogen and oxygen atoms in total. The SMILES string of the molecule is CCC(OC(C)=O)c1cc(=O)oc2c3c(c(C(=O)[C@@H](C)CC)c(O)c12)OC(C(C)(C)O)C3. The number of phenolic OH excluding ortho intramolecular Hbond substituents is 1. The van der Waals surface area contributed by atoms with E-state index in [1.807, 2.05) is 6.92 Å². The van der Waals surface area contributed by atoms with Crippen LogP contribution in [-0.4, -0.2) is 33.7 Å². The first-order valence-corrected chi connectivity index (χ1v) is 10.9. The molecule has 2 aromatic rings. The molecule has 3 rings (SSSR count). The summed E-state index contributed by atoms with van der Waals surface area (Å²) < 4.78 is 16.8. The molecule has 1 aliphatic rings. The highest BCUT2D eigenvalue weighted by atomic mass is 16.5. The van der Waals surface area contributed by atoms with Gasteiger partial charge in [-0.25, -0.2) is 4.79 Å². The fourth-order valence-electron chi connectivity index (χ4n) is 4.01. The monoisotopic (exact) mass is 446 g/mol. The summed E-state index contributed by atoms with van der Waals surface area (Å²) in [5.74, 6) is -1.53. The molecule has 2 unspecified atom stereocenters. The first-order chi connectivity index (χ1) is 14.9. The second-order valence-electron chi connectivity index (χ2n) is 8.90. The van der Waals surface area contributed by atoms with Gasteiger partial charge in [-0.15, -0.1) is 0 Å². The average molecular weight is 446 g/mol. The number of fused-ring (bicyclic) bond motifs is 3. The molecule has 0 aliphatic carbocycles. The number of hydrogen-bond donors (Lipinski definition) is 2. The Morgan fingerprint density at radius 2 is 1.94 bits per heavy atom. The number of benzene rings is 1. The van der Waals surface area contributed by atoms with E-state index >= 15 is 0 Å². The summed E-state index contributed by atoms with van der Waals surface area (Å²) in [6.45, 7) is 9.80. The largest absolute Gasteiger partial charge is 0.506 e. The van der Waals surface area contributed by atoms with Crippen molar-refractivity contribution in [1.82, 2.24) is 0 Å². The van der Waals surface area contributed by atoms with E-state index in [4.69, 9.17) is 13.9 Å². The Kier molecular flexibility index (Phi) is 6.38. The zero-order chi connectivity index (χ0) is 24.0. The third kappa shape index (κ3) is 4.11. The Morgan fingerprint density at radius 1 is 1.28 bits per heavy atom. The molecule has 32 heavy (non-hydrogen) atoms. The summed E-state index contributed by atoms with van der Waals surface area (Å²) in [6, 6.07) is 1.17.